The molecular weight excluding hydrogens is 340 g/mol. The van der Waals surface area contributed by atoms with Crippen LogP contribution in [0.15, 0.2) is 24.3 Å². The lowest BCUT2D eigenvalue weighted by atomic mass is 10.0. The Morgan fingerprint density at radius 3 is 2.76 bits per heavy atom. The fourth-order valence-electron chi connectivity index (χ4n) is 3.17. The molecular formula is C18H20N2O4S. The number of nitrogens with zero attached hydrogens (tertiary/aromatic N) is 1. The number of nitrogens with two attached hydrogens (primary N) is 1. The third-order valence-corrected chi connectivity index (χ3v) is 5.76. The summed E-state index contributed by atoms with van der Waals surface area (Å²) in [5.74, 6) is -1.41. The number of piperidine rings is 1. The van der Waals surface area contributed by atoms with Gasteiger partial charge in [-0.2, -0.15) is 0 Å². The van der Waals surface area contributed by atoms with E-state index in [0.717, 1.165) is 28.5 Å². The average molecular weight is 360 g/mol. The maximum absolute atomic E-state index is 12.4. The van der Waals surface area contributed by atoms with Crippen molar-refractivity contribution < 1.29 is 19.1 Å². The van der Waals surface area contributed by atoms with Gasteiger partial charge in [-0.05, 0) is 43.2 Å². The number of likely N-dealkylation sites (tertiary alicyclic amines) is 1. The SMILES string of the molecule is Cc1c(C(=O)OCC(=O)N2CCCC[C@@H]2C(N)=O)sc2ccccc12. The fraction of sp³-hybridized carbons (Fsp3) is 0.389. The van der Waals surface area contributed by atoms with Gasteiger partial charge in [0.1, 0.15) is 10.9 Å². The summed E-state index contributed by atoms with van der Waals surface area (Å²) in [7, 11) is 0. The molecule has 1 saturated heterocycles. The van der Waals surface area contributed by atoms with Crippen LogP contribution < -0.4 is 5.73 Å². The average Bonchev–Trinajstić information content (AvgIpc) is 2.96. The highest BCUT2D eigenvalue weighted by atomic mass is 32.1. The molecule has 2 N–H and O–H groups in total. The molecule has 0 bridgehead atoms. The van der Waals surface area contributed by atoms with Crippen LogP contribution in [0.1, 0.15) is 34.5 Å². The molecule has 1 aliphatic heterocycles. The summed E-state index contributed by atoms with van der Waals surface area (Å²) in [6.45, 7) is 1.95. The third-order valence-electron chi connectivity index (χ3n) is 4.51. The first-order chi connectivity index (χ1) is 12.0. The quantitative estimate of drug-likeness (QED) is 0.847. The van der Waals surface area contributed by atoms with Crippen LogP contribution in [0.4, 0.5) is 0 Å². The predicted octanol–water partition coefficient (Wildman–Crippen LogP) is 2.23. The van der Waals surface area contributed by atoms with Crippen LogP contribution in [0.2, 0.25) is 0 Å². The van der Waals surface area contributed by atoms with Gasteiger partial charge in [-0.1, -0.05) is 18.2 Å². The van der Waals surface area contributed by atoms with Crippen molar-refractivity contribution in [2.75, 3.05) is 13.2 Å². The lowest BCUT2D eigenvalue weighted by Gasteiger charge is -2.33. The fourth-order valence-corrected chi connectivity index (χ4v) is 4.27. The van der Waals surface area contributed by atoms with E-state index in [1.165, 1.54) is 16.2 Å². The number of amides is 2. The Labute approximate surface area is 149 Å². The first-order valence-electron chi connectivity index (χ1n) is 8.23. The minimum Gasteiger partial charge on any atom is -0.451 e. The van der Waals surface area contributed by atoms with E-state index in [9.17, 15) is 14.4 Å². The van der Waals surface area contributed by atoms with Crippen molar-refractivity contribution in [2.45, 2.75) is 32.2 Å². The number of aryl methyl sites for hydroxylation is 1. The first kappa shape index (κ1) is 17.4. The number of ether oxygens (including phenoxy) is 1. The number of carbonyl (C=O) groups excluding carboxylic acids is 3. The maximum atomic E-state index is 12.4. The van der Waals surface area contributed by atoms with Crippen molar-refractivity contribution >= 4 is 39.2 Å². The van der Waals surface area contributed by atoms with E-state index in [1.54, 1.807) is 0 Å². The summed E-state index contributed by atoms with van der Waals surface area (Å²) in [6, 6.07) is 7.12. The molecule has 25 heavy (non-hydrogen) atoms. The minimum atomic E-state index is -0.606. The van der Waals surface area contributed by atoms with Crippen molar-refractivity contribution in [3.05, 3.63) is 34.7 Å². The van der Waals surface area contributed by atoms with Crippen LogP contribution in [-0.4, -0.2) is 41.9 Å². The molecule has 1 aromatic carbocycles. The van der Waals surface area contributed by atoms with E-state index in [2.05, 4.69) is 0 Å². The molecule has 0 radical (unpaired) electrons. The number of thiophene rings is 1. The number of benzene rings is 1. The number of esters is 1. The van der Waals surface area contributed by atoms with Crippen LogP contribution in [0, 0.1) is 6.92 Å². The Bertz CT molecular complexity index is 830. The van der Waals surface area contributed by atoms with E-state index >= 15 is 0 Å². The largest absolute Gasteiger partial charge is 0.451 e. The summed E-state index contributed by atoms with van der Waals surface area (Å²) < 4.78 is 6.21. The summed E-state index contributed by atoms with van der Waals surface area (Å²) in [4.78, 5) is 38.1. The van der Waals surface area contributed by atoms with Gasteiger partial charge in [0, 0.05) is 11.2 Å². The molecule has 2 heterocycles. The summed E-state index contributed by atoms with van der Waals surface area (Å²) in [5.41, 5.74) is 6.22. The number of rotatable bonds is 4. The van der Waals surface area contributed by atoms with Crippen LogP contribution in [0.5, 0.6) is 0 Å². The van der Waals surface area contributed by atoms with E-state index in [1.807, 2.05) is 31.2 Å². The first-order valence-corrected chi connectivity index (χ1v) is 9.04. The number of hydrogen-bond acceptors (Lipinski definition) is 5. The van der Waals surface area contributed by atoms with Crippen LogP contribution in [0.3, 0.4) is 0 Å². The van der Waals surface area contributed by atoms with Crippen LogP contribution >= 0.6 is 11.3 Å². The molecule has 2 amide bonds. The number of primary amides is 1. The molecule has 0 saturated carbocycles. The normalized spacial score (nSPS) is 17.5. The van der Waals surface area contributed by atoms with Crippen molar-refractivity contribution in [3.63, 3.8) is 0 Å². The molecule has 1 aromatic heterocycles. The smallest absolute Gasteiger partial charge is 0.349 e. The van der Waals surface area contributed by atoms with Crippen molar-refractivity contribution in [3.8, 4) is 0 Å². The highest BCUT2D eigenvalue weighted by Gasteiger charge is 2.31. The van der Waals surface area contributed by atoms with E-state index in [0.29, 0.717) is 17.8 Å². The molecule has 6 nitrogen and oxygen atoms in total. The molecule has 1 aliphatic rings. The summed E-state index contributed by atoms with van der Waals surface area (Å²) in [5, 5.41) is 1.01. The zero-order valence-electron chi connectivity index (χ0n) is 14.0. The molecule has 1 fully saturated rings. The molecule has 2 aromatic rings. The second-order valence-corrected chi connectivity index (χ2v) is 7.18. The Morgan fingerprint density at radius 2 is 2.04 bits per heavy atom. The lowest BCUT2D eigenvalue weighted by molar-refractivity contribution is -0.143. The molecule has 0 unspecified atom stereocenters. The van der Waals surface area contributed by atoms with Gasteiger partial charge in [-0.15, -0.1) is 11.3 Å². The number of carbonyl (C=O) groups is 3. The molecule has 1 atom stereocenters. The molecule has 3 rings (SSSR count). The van der Waals surface area contributed by atoms with Crippen LogP contribution in [0.25, 0.3) is 10.1 Å². The van der Waals surface area contributed by atoms with Gasteiger partial charge in [-0.3, -0.25) is 9.59 Å². The molecule has 0 aliphatic carbocycles. The zero-order chi connectivity index (χ0) is 18.0. The van der Waals surface area contributed by atoms with Gasteiger partial charge in [0.15, 0.2) is 6.61 Å². The second-order valence-electron chi connectivity index (χ2n) is 6.13. The highest BCUT2D eigenvalue weighted by molar-refractivity contribution is 7.21. The Hall–Kier alpha value is -2.41. The lowest BCUT2D eigenvalue weighted by Crippen LogP contribution is -2.51. The van der Waals surface area contributed by atoms with Crippen molar-refractivity contribution in [1.29, 1.82) is 0 Å². The summed E-state index contributed by atoms with van der Waals surface area (Å²) in [6.07, 6.45) is 2.24. The van der Waals surface area contributed by atoms with Crippen molar-refractivity contribution in [2.24, 2.45) is 5.73 Å². The zero-order valence-corrected chi connectivity index (χ0v) is 14.8. The predicted molar refractivity (Wildman–Crippen MR) is 95.4 cm³/mol. The maximum Gasteiger partial charge on any atom is 0.349 e. The second kappa shape index (κ2) is 7.23. The molecule has 7 heteroatoms. The van der Waals surface area contributed by atoms with E-state index in [4.69, 9.17) is 10.5 Å². The van der Waals surface area contributed by atoms with Gasteiger partial charge in [0.05, 0.1) is 0 Å². The Balaban J connectivity index is 1.67. The summed E-state index contributed by atoms with van der Waals surface area (Å²) >= 11 is 1.35. The van der Waals surface area contributed by atoms with Gasteiger partial charge in [-0.25, -0.2) is 4.79 Å². The van der Waals surface area contributed by atoms with Gasteiger partial charge >= 0.3 is 5.97 Å². The third kappa shape index (κ3) is 3.51. The Morgan fingerprint density at radius 1 is 1.28 bits per heavy atom. The van der Waals surface area contributed by atoms with Gasteiger partial charge in [0.2, 0.25) is 5.91 Å². The standard InChI is InChI=1S/C18H20N2O4S/c1-11-12-6-2-3-8-14(12)25-16(11)18(23)24-10-15(21)20-9-5-4-7-13(20)17(19)22/h2-3,6,8,13H,4-5,7,9-10H2,1H3,(H2,19,22)/t13-/m1/s1. The number of fused-ring (bicyclic) bond motifs is 1. The monoisotopic (exact) mass is 360 g/mol. The Kier molecular flexibility index (Phi) is 5.03. The van der Waals surface area contributed by atoms with Crippen LogP contribution in [-0.2, 0) is 14.3 Å². The van der Waals surface area contributed by atoms with Crippen molar-refractivity contribution in [1.82, 2.24) is 4.90 Å². The topological polar surface area (TPSA) is 89.7 Å². The van der Waals surface area contributed by atoms with Gasteiger partial charge < -0.3 is 15.4 Å². The molecule has 0 spiro atoms. The van der Waals surface area contributed by atoms with Gasteiger partial charge in [0.25, 0.3) is 5.91 Å². The minimum absolute atomic E-state index is 0.379. The van der Waals surface area contributed by atoms with E-state index in [-0.39, 0.29) is 12.5 Å². The number of hydrogen-bond donors (Lipinski definition) is 1. The molecule has 132 valence electrons. The van der Waals surface area contributed by atoms with E-state index < -0.39 is 17.9 Å². The highest BCUT2D eigenvalue weighted by Crippen LogP contribution is 2.31.